The second-order valence-corrected chi connectivity index (χ2v) is 22.8. The molecule has 1 aromatic rings. The first-order valence-corrected chi connectivity index (χ1v) is 29.2. The Bertz CT molecular complexity index is 1840. The molecule has 4 aliphatic carbocycles. The SMILES string of the molecule is COCCOCCOCCOCCOCCOCCOCCOCCOCCC(C(=O)NCc1ccccc1)N(C(=O)CCC(C)C1CCC2C3CCC4CC(O)CCC4(C)C3CC(O)C12C)[C@H]1C(O)[C@H](O)C(CO)O[C@H]1O. The van der Waals surface area contributed by atoms with E-state index >= 15 is 0 Å². The number of amides is 2. The van der Waals surface area contributed by atoms with Crippen LogP contribution < -0.4 is 5.32 Å². The van der Waals surface area contributed by atoms with E-state index in [0.717, 1.165) is 56.9 Å². The van der Waals surface area contributed by atoms with E-state index in [1.54, 1.807) is 7.11 Å². The molecule has 13 unspecified atom stereocenters. The van der Waals surface area contributed by atoms with E-state index in [1.807, 2.05) is 30.3 Å². The Morgan fingerprint density at radius 1 is 0.679 bits per heavy atom. The van der Waals surface area contributed by atoms with E-state index in [4.69, 9.17) is 47.4 Å². The van der Waals surface area contributed by atoms with Crippen molar-refractivity contribution in [1.29, 1.82) is 0 Å². The van der Waals surface area contributed by atoms with Gasteiger partial charge in [0.25, 0.3) is 0 Å². The summed E-state index contributed by atoms with van der Waals surface area (Å²) >= 11 is 0. The fourth-order valence-corrected chi connectivity index (χ4v) is 14.1. The Kier molecular flexibility index (Phi) is 27.8. The Hall–Kier alpha value is -2.48. The molecule has 78 heavy (non-hydrogen) atoms. The molecule has 6 rings (SSSR count). The number of aliphatic hydroxyl groups excluding tert-OH is 6. The van der Waals surface area contributed by atoms with Gasteiger partial charge in [0.05, 0.1) is 125 Å². The lowest BCUT2D eigenvalue weighted by atomic mass is 9.43. The minimum absolute atomic E-state index is 0.00282. The molecule has 20 heteroatoms. The average molecular weight is 1110 g/mol. The Morgan fingerprint density at radius 3 is 1.78 bits per heavy atom. The van der Waals surface area contributed by atoms with Gasteiger partial charge in [-0.25, -0.2) is 0 Å². The lowest BCUT2D eigenvalue weighted by Crippen LogP contribution is -2.68. The maximum Gasteiger partial charge on any atom is 0.243 e. The van der Waals surface area contributed by atoms with E-state index in [0.29, 0.717) is 123 Å². The van der Waals surface area contributed by atoms with Crippen LogP contribution in [0.25, 0.3) is 0 Å². The van der Waals surface area contributed by atoms with E-state index in [2.05, 4.69) is 26.1 Å². The molecule has 5 aliphatic rings. The second kappa shape index (κ2) is 33.6. The smallest absolute Gasteiger partial charge is 0.243 e. The predicted octanol–water partition coefficient (Wildman–Crippen LogP) is 2.88. The van der Waals surface area contributed by atoms with Crippen LogP contribution in [0.5, 0.6) is 0 Å². The summed E-state index contributed by atoms with van der Waals surface area (Å²) in [5.41, 5.74) is 0.583. The summed E-state index contributed by atoms with van der Waals surface area (Å²) in [6.45, 7) is 13.0. The Labute approximate surface area is 463 Å². The quantitative estimate of drug-likeness (QED) is 0.0473. The largest absolute Gasteiger partial charge is 0.394 e. The van der Waals surface area contributed by atoms with E-state index in [1.165, 1.54) is 4.90 Å². The van der Waals surface area contributed by atoms with E-state index in [9.17, 15) is 40.2 Å². The standard InChI is InChI=1S/C58H98N2O18/c1-40(45-13-14-46-44-12-11-42-36-43(62)16-18-57(42,2)47(44)37-50(63)58(45,46)3)10-15-51(64)60(52-54(66)53(65)49(39-61)78-56(52)68)48(55(67)59-38-41-8-6-5-7-9-41)17-19-70-22-23-72-26-27-74-30-31-76-34-35-77-33-32-75-29-28-73-25-24-71-21-20-69-4/h5-9,40,42-50,52-54,56,61-63,65-66,68H,10-39H2,1-4H3,(H,59,67)/t40?,42?,43?,44?,45?,46?,47?,48?,49?,50?,52-,53+,54?,56+,57?,58?/m0/s1. The summed E-state index contributed by atoms with van der Waals surface area (Å²) in [5.74, 6) is 0.799. The second-order valence-electron chi connectivity index (χ2n) is 22.8. The molecule has 448 valence electrons. The third-order valence-electron chi connectivity index (χ3n) is 18.3. The first kappa shape index (κ1) is 64.7. The molecule has 1 saturated heterocycles. The number of hydrogen-bond acceptors (Lipinski definition) is 18. The summed E-state index contributed by atoms with van der Waals surface area (Å²) in [6, 6.07) is 6.46. The van der Waals surface area contributed by atoms with Crippen LogP contribution in [-0.4, -0.2) is 222 Å². The molecule has 16 atom stereocenters. The molecule has 7 N–H and O–H groups in total. The number of nitrogens with zero attached hydrogens (tertiary/aromatic N) is 1. The highest BCUT2D eigenvalue weighted by Gasteiger charge is 2.64. The number of fused-ring (bicyclic) bond motifs is 5. The molecule has 4 saturated carbocycles. The molecule has 0 spiro atoms. The third-order valence-corrected chi connectivity index (χ3v) is 18.3. The number of ether oxygens (including phenoxy) is 10. The van der Waals surface area contributed by atoms with Gasteiger partial charge in [-0.05, 0) is 110 Å². The number of carbonyl (C=O) groups is 2. The normalized spacial score (nSPS) is 32.4. The predicted molar refractivity (Wildman–Crippen MR) is 287 cm³/mol. The Morgan fingerprint density at radius 2 is 1.23 bits per heavy atom. The molecule has 20 nitrogen and oxygen atoms in total. The zero-order valence-corrected chi connectivity index (χ0v) is 47.2. The van der Waals surface area contributed by atoms with Crippen LogP contribution in [0.2, 0.25) is 0 Å². The average Bonchev–Trinajstić information content (AvgIpc) is 3.89. The van der Waals surface area contributed by atoms with Crippen molar-refractivity contribution in [3.63, 3.8) is 0 Å². The highest BCUT2D eigenvalue weighted by atomic mass is 16.6. The van der Waals surface area contributed by atoms with Gasteiger partial charge in [-0.3, -0.25) is 9.59 Å². The highest BCUT2D eigenvalue weighted by Crippen LogP contribution is 2.68. The topological polar surface area (TPSA) is 263 Å². The molecule has 1 aromatic carbocycles. The summed E-state index contributed by atoms with van der Waals surface area (Å²) in [6.07, 6.45) is 0.542. The molecular formula is C58H98N2O18. The van der Waals surface area contributed by atoms with Gasteiger partial charge < -0.3 is 88.2 Å². The molecule has 0 aromatic heterocycles. The van der Waals surface area contributed by atoms with Crippen LogP contribution in [0.15, 0.2) is 30.3 Å². The number of benzene rings is 1. The summed E-state index contributed by atoms with van der Waals surface area (Å²) in [4.78, 5) is 30.6. The van der Waals surface area contributed by atoms with Gasteiger partial charge in [-0.15, -0.1) is 0 Å². The molecule has 1 heterocycles. The van der Waals surface area contributed by atoms with Crippen molar-refractivity contribution >= 4 is 11.8 Å². The number of nitrogens with one attached hydrogen (secondary N) is 1. The molecule has 2 amide bonds. The number of carbonyl (C=O) groups excluding carboxylic acids is 2. The molecule has 0 bridgehead atoms. The first-order chi connectivity index (χ1) is 37.8. The monoisotopic (exact) mass is 1110 g/mol. The van der Waals surface area contributed by atoms with E-state index in [-0.39, 0.29) is 68.0 Å². The van der Waals surface area contributed by atoms with Crippen LogP contribution in [0.1, 0.15) is 97.0 Å². The van der Waals surface area contributed by atoms with Crippen molar-refractivity contribution in [2.75, 3.05) is 126 Å². The maximum atomic E-state index is 15.0. The van der Waals surface area contributed by atoms with Gasteiger partial charge in [-0.2, -0.15) is 0 Å². The van der Waals surface area contributed by atoms with Crippen LogP contribution in [0.4, 0.5) is 0 Å². The minimum Gasteiger partial charge on any atom is -0.394 e. The summed E-state index contributed by atoms with van der Waals surface area (Å²) in [5, 5.41) is 69.9. The molecule has 0 radical (unpaired) electrons. The lowest BCUT2D eigenvalue weighted by Gasteiger charge is -2.62. The first-order valence-electron chi connectivity index (χ1n) is 29.2. The van der Waals surface area contributed by atoms with Gasteiger partial charge in [0.1, 0.15) is 30.4 Å². The highest BCUT2D eigenvalue weighted by molar-refractivity contribution is 5.88. The number of aliphatic hydroxyl groups is 6. The van der Waals surface area contributed by atoms with Crippen molar-refractivity contribution in [3.05, 3.63) is 35.9 Å². The molecule has 5 fully saturated rings. The van der Waals surface area contributed by atoms with Gasteiger partial charge in [-0.1, -0.05) is 51.1 Å². The van der Waals surface area contributed by atoms with Crippen molar-refractivity contribution < 1.29 is 87.6 Å². The molecule has 1 aliphatic heterocycles. The van der Waals surface area contributed by atoms with Crippen LogP contribution >= 0.6 is 0 Å². The zero-order chi connectivity index (χ0) is 55.9. The zero-order valence-electron chi connectivity index (χ0n) is 47.2. The van der Waals surface area contributed by atoms with Gasteiger partial charge in [0.15, 0.2) is 6.29 Å². The van der Waals surface area contributed by atoms with Crippen molar-refractivity contribution in [1.82, 2.24) is 10.2 Å². The van der Waals surface area contributed by atoms with Crippen LogP contribution in [-0.2, 0) is 63.5 Å². The number of rotatable bonds is 37. The number of hydrogen-bond donors (Lipinski definition) is 7. The maximum absolute atomic E-state index is 15.0. The van der Waals surface area contributed by atoms with E-state index < -0.39 is 61.2 Å². The van der Waals surface area contributed by atoms with Crippen molar-refractivity contribution in [2.45, 2.75) is 147 Å². The summed E-state index contributed by atoms with van der Waals surface area (Å²) < 4.78 is 55.2. The van der Waals surface area contributed by atoms with Gasteiger partial charge in [0, 0.05) is 33.1 Å². The van der Waals surface area contributed by atoms with Gasteiger partial charge in [0.2, 0.25) is 11.8 Å². The third kappa shape index (κ3) is 17.8. The fourth-order valence-electron chi connectivity index (χ4n) is 14.1. The van der Waals surface area contributed by atoms with Gasteiger partial charge >= 0.3 is 0 Å². The van der Waals surface area contributed by atoms with Crippen LogP contribution in [0, 0.1) is 46.3 Å². The fraction of sp³-hybridized carbons (Fsp3) is 0.862. The molecular weight excluding hydrogens is 1010 g/mol. The lowest BCUT2D eigenvalue weighted by molar-refractivity contribution is -0.273. The van der Waals surface area contributed by atoms with Crippen molar-refractivity contribution in [3.8, 4) is 0 Å². The minimum atomic E-state index is -1.84. The number of methoxy groups -OCH3 is 1. The van der Waals surface area contributed by atoms with Crippen LogP contribution in [0.3, 0.4) is 0 Å². The summed E-state index contributed by atoms with van der Waals surface area (Å²) in [7, 11) is 1.63. The van der Waals surface area contributed by atoms with Crippen molar-refractivity contribution in [2.24, 2.45) is 46.3 Å². The Balaban J connectivity index is 0.970.